The van der Waals surface area contributed by atoms with E-state index in [2.05, 4.69) is 5.32 Å². The summed E-state index contributed by atoms with van der Waals surface area (Å²) in [7, 11) is 1.77. The van der Waals surface area contributed by atoms with E-state index < -0.39 is 0 Å². The molecule has 2 rings (SSSR count). The Morgan fingerprint density at radius 1 is 1.24 bits per heavy atom. The van der Waals surface area contributed by atoms with Crippen LogP contribution in [0.15, 0.2) is 18.2 Å². The number of para-hydroxylation sites is 1. The van der Waals surface area contributed by atoms with Gasteiger partial charge in [-0.1, -0.05) is 29.3 Å². The zero-order valence-electron chi connectivity index (χ0n) is 9.88. The van der Waals surface area contributed by atoms with Crippen LogP contribution in [0, 0.1) is 0 Å². The van der Waals surface area contributed by atoms with Crippen LogP contribution in [-0.4, -0.2) is 19.3 Å². The van der Waals surface area contributed by atoms with E-state index in [0.29, 0.717) is 22.2 Å². The monoisotopic (exact) mass is 273 g/mol. The number of rotatable bonds is 3. The molecule has 0 saturated heterocycles. The van der Waals surface area contributed by atoms with E-state index in [1.165, 1.54) is 6.42 Å². The van der Waals surface area contributed by atoms with Crippen molar-refractivity contribution < 1.29 is 4.74 Å². The van der Waals surface area contributed by atoms with Gasteiger partial charge in [-0.3, -0.25) is 0 Å². The molecular weight excluding hydrogens is 257 g/mol. The van der Waals surface area contributed by atoms with Crippen molar-refractivity contribution >= 4 is 28.9 Å². The molecular formula is C13H17Cl2NO. The summed E-state index contributed by atoms with van der Waals surface area (Å²) in [4.78, 5) is 0. The third-order valence-electron chi connectivity index (χ3n) is 3.27. The number of methoxy groups -OCH3 is 1. The van der Waals surface area contributed by atoms with Gasteiger partial charge in [-0.05, 0) is 37.8 Å². The molecule has 2 nitrogen and oxygen atoms in total. The zero-order valence-corrected chi connectivity index (χ0v) is 11.4. The molecule has 1 saturated carbocycles. The molecule has 2 unspecified atom stereocenters. The highest BCUT2D eigenvalue weighted by molar-refractivity contribution is 6.39. The first kappa shape index (κ1) is 13.0. The molecule has 2 atom stereocenters. The van der Waals surface area contributed by atoms with Crippen molar-refractivity contribution in [3.8, 4) is 0 Å². The molecule has 0 spiro atoms. The van der Waals surface area contributed by atoms with E-state index in [4.69, 9.17) is 27.9 Å². The maximum absolute atomic E-state index is 6.14. The lowest BCUT2D eigenvalue weighted by Gasteiger charge is -2.30. The Balaban J connectivity index is 2.05. The van der Waals surface area contributed by atoms with Gasteiger partial charge in [0.2, 0.25) is 0 Å². The number of halogens is 2. The molecule has 0 amide bonds. The highest BCUT2D eigenvalue weighted by Crippen LogP contribution is 2.33. The summed E-state index contributed by atoms with van der Waals surface area (Å²) in [6.45, 7) is 0. The largest absolute Gasteiger partial charge is 0.381 e. The SMILES string of the molecule is COC1CCCC(Nc2c(Cl)cccc2Cl)C1. The van der Waals surface area contributed by atoms with Crippen molar-refractivity contribution in [3.05, 3.63) is 28.2 Å². The van der Waals surface area contributed by atoms with Gasteiger partial charge in [0.15, 0.2) is 0 Å². The fourth-order valence-corrected chi connectivity index (χ4v) is 2.84. The van der Waals surface area contributed by atoms with Gasteiger partial charge in [0.1, 0.15) is 0 Å². The number of benzene rings is 1. The van der Waals surface area contributed by atoms with Gasteiger partial charge in [-0.25, -0.2) is 0 Å². The Kier molecular flexibility index (Phi) is 4.55. The van der Waals surface area contributed by atoms with Crippen LogP contribution in [0.3, 0.4) is 0 Å². The number of hydrogen-bond acceptors (Lipinski definition) is 2. The second-order valence-corrected chi connectivity index (χ2v) is 5.28. The van der Waals surface area contributed by atoms with Crippen molar-refractivity contribution in [3.63, 3.8) is 0 Å². The van der Waals surface area contributed by atoms with E-state index in [-0.39, 0.29) is 0 Å². The summed E-state index contributed by atoms with van der Waals surface area (Å²) < 4.78 is 5.41. The molecule has 4 heteroatoms. The molecule has 1 aromatic rings. The molecule has 1 N–H and O–H groups in total. The van der Waals surface area contributed by atoms with Crippen LogP contribution in [0.5, 0.6) is 0 Å². The molecule has 94 valence electrons. The summed E-state index contributed by atoms with van der Waals surface area (Å²) in [5.41, 5.74) is 0.845. The first-order valence-corrected chi connectivity index (χ1v) is 6.69. The van der Waals surface area contributed by atoms with Crippen LogP contribution in [0.25, 0.3) is 0 Å². The second kappa shape index (κ2) is 5.94. The van der Waals surface area contributed by atoms with Crippen molar-refractivity contribution in [1.82, 2.24) is 0 Å². The molecule has 17 heavy (non-hydrogen) atoms. The lowest BCUT2D eigenvalue weighted by atomic mass is 9.92. The minimum Gasteiger partial charge on any atom is -0.381 e. The Bertz CT molecular complexity index is 363. The van der Waals surface area contributed by atoms with Gasteiger partial charge in [0, 0.05) is 13.2 Å². The molecule has 1 aromatic carbocycles. The first-order valence-electron chi connectivity index (χ1n) is 5.94. The zero-order chi connectivity index (χ0) is 12.3. The predicted octanol–water partition coefficient (Wildman–Crippen LogP) is 4.36. The maximum atomic E-state index is 6.14. The standard InChI is InChI=1S/C13H17Cl2NO/c1-17-10-5-2-4-9(8-10)16-13-11(14)6-3-7-12(13)15/h3,6-7,9-10,16H,2,4-5,8H2,1H3. The Morgan fingerprint density at radius 3 is 2.59 bits per heavy atom. The average Bonchev–Trinajstić information content (AvgIpc) is 2.34. The van der Waals surface area contributed by atoms with Crippen LogP contribution in [0.1, 0.15) is 25.7 Å². The minimum absolute atomic E-state index is 0.350. The summed E-state index contributed by atoms with van der Waals surface area (Å²) in [6.07, 6.45) is 4.82. The third kappa shape index (κ3) is 3.27. The van der Waals surface area contributed by atoms with Crippen LogP contribution in [-0.2, 0) is 4.74 Å². The molecule has 0 aromatic heterocycles. The van der Waals surface area contributed by atoms with Crippen molar-refractivity contribution in [1.29, 1.82) is 0 Å². The molecule has 0 bridgehead atoms. The lowest BCUT2D eigenvalue weighted by Crippen LogP contribution is -2.31. The van der Waals surface area contributed by atoms with Gasteiger partial charge < -0.3 is 10.1 Å². The first-order chi connectivity index (χ1) is 8.20. The van der Waals surface area contributed by atoms with Crippen LogP contribution in [0.4, 0.5) is 5.69 Å². The van der Waals surface area contributed by atoms with Crippen LogP contribution in [0.2, 0.25) is 10.0 Å². The molecule has 0 radical (unpaired) electrons. The fourth-order valence-electron chi connectivity index (χ4n) is 2.33. The van der Waals surface area contributed by atoms with Crippen molar-refractivity contribution in [2.45, 2.75) is 37.8 Å². The molecule has 1 fully saturated rings. The van der Waals surface area contributed by atoms with E-state index in [9.17, 15) is 0 Å². The van der Waals surface area contributed by atoms with E-state index in [0.717, 1.165) is 24.9 Å². The summed E-state index contributed by atoms with van der Waals surface area (Å²) in [6, 6.07) is 5.96. The molecule has 1 aliphatic rings. The lowest BCUT2D eigenvalue weighted by molar-refractivity contribution is 0.0669. The topological polar surface area (TPSA) is 21.3 Å². The fraction of sp³-hybridized carbons (Fsp3) is 0.538. The van der Waals surface area contributed by atoms with E-state index in [1.54, 1.807) is 7.11 Å². The van der Waals surface area contributed by atoms with Gasteiger partial charge >= 0.3 is 0 Å². The maximum Gasteiger partial charge on any atom is 0.0721 e. The predicted molar refractivity (Wildman–Crippen MR) is 73.1 cm³/mol. The molecule has 1 aliphatic carbocycles. The highest BCUT2D eigenvalue weighted by Gasteiger charge is 2.22. The normalized spacial score (nSPS) is 24.6. The Labute approximate surface area is 112 Å². The second-order valence-electron chi connectivity index (χ2n) is 4.46. The van der Waals surface area contributed by atoms with Gasteiger partial charge in [0.25, 0.3) is 0 Å². The van der Waals surface area contributed by atoms with Gasteiger partial charge in [-0.2, -0.15) is 0 Å². The van der Waals surface area contributed by atoms with Crippen molar-refractivity contribution in [2.75, 3.05) is 12.4 Å². The quantitative estimate of drug-likeness (QED) is 0.884. The summed E-state index contributed by atoms with van der Waals surface area (Å²) in [5, 5.41) is 4.79. The highest BCUT2D eigenvalue weighted by atomic mass is 35.5. The number of ether oxygens (including phenoxy) is 1. The van der Waals surface area contributed by atoms with E-state index in [1.807, 2.05) is 18.2 Å². The summed E-state index contributed by atoms with van der Waals surface area (Å²) >= 11 is 12.3. The smallest absolute Gasteiger partial charge is 0.0721 e. The third-order valence-corrected chi connectivity index (χ3v) is 3.90. The Hall–Kier alpha value is -0.440. The number of anilines is 1. The minimum atomic E-state index is 0.350. The number of hydrogen-bond donors (Lipinski definition) is 1. The van der Waals surface area contributed by atoms with Gasteiger partial charge in [-0.15, -0.1) is 0 Å². The van der Waals surface area contributed by atoms with Crippen LogP contribution >= 0.6 is 23.2 Å². The molecule has 0 aliphatic heterocycles. The number of nitrogens with one attached hydrogen (secondary N) is 1. The summed E-state index contributed by atoms with van der Waals surface area (Å²) in [5.74, 6) is 0. The molecule has 0 heterocycles. The Morgan fingerprint density at radius 2 is 1.94 bits per heavy atom. The van der Waals surface area contributed by atoms with Crippen molar-refractivity contribution in [2.24, 2.45) is 0 Å². The average molecular weight is 274 g/mol. The van der Waals surface area contributed by atoms with Gasteiger partial charge in [0.05, 0.1) is 21.8 Å². The van der Waals surface area contributed by atoms with Crippen LogP contribution < -0.4 is 5.32 Å². The van der Waals surface area contributed by atoms with E-state index >= 15 is 0 Å².